The lowest BCUT2D eigenvalue weighted by Gasteiger charge is -2.23. The highest BCUT2D eigenvalue weighted by molar-refractivity contribution is 7.91. The minimum atomic E-state index is -2.94. The molecule has 0 radical (unpaired) electrons. The van der Waals surface area contributed by atoms with Crippen molar-refractivity contribution in [2.45, 2.75) is 18.9 Å². The largest absolute Gasteiger partial charge is 0.377 e. The van der Waals surface area contributed by atoms with Gasteiger partial charge in [-0.2, -0.15) is 0 Å². The second kappa shape index (κ2) is 5.34. The quantitative estimate of drug-likeness (QED) is 0.683. The first-order chi connectivity index (χ1) is 8.87. The van der Waals surface area contributed by atoms with Crippen LogP contribution < -0.4 is 5.32 Å². The van der Waals surface area contributed by atoms with Gasteiger partial charge in [-0.15, -0.1) is 0 Å². The summed E-state index contributed by atoms with van der Waals surface area (Å²) < 4.78 is 22.6. The van der Waals surface area contributed by atoms with Crippen LogP contribution in [-0.2, 0) is 9.84 Å². The Balaban J connectivity index is 2.15. The van der Waals surface area contributed by atoms with E-state index in [2.05, 4.69) is 5.32 Å². The van der Waals surface area contributed by atoms with Crippen LogP contribution >= 0.6 is 11.6 Å². The number of halogens is 1. The molecule has 0 unspecified atom stereocenters. The van der Waals surface area contributed by atoms with Crippen LogP contribution in [0.3, 0.4) is 0 Å². The van der Waals surface area contributed by atoms with Crippen molar-refractivity contribution < 1.29 is 13.3 Å². The molecule has 1 saturated heterocycles. The number of hydrogen-bond acceptors (Lipinski definition) is 5. The van der Waals surface area contributed by atoms with Crippen molar-refractivity contribution in [2.24, 2.45) is 0 Å². The zero-order valence-electron chi connectivity index (χ0n) is 10.0. The predicted octanol–water partition coefficient (Wildman–Crippen LogP) is 2.24. The Hall–Kier alpha value is -1.34. The van der Waals surface area contributed by atoms with Crippen LogP contribution in [0.25, 0.3) is 0 Å². The molecule has 0 atom stereocenters. The highest BCUT2D eigenvalue weighted by atomic mass is 35.5. The summed E-state index contributed by atoms with van der Waals surface area (Å²) in [5.74, 6) is 0.220. The summed E-state index contributed by atoms with van der Waals surface area (Å²) in [6.45, 7) is 0. The number of anilines is 1. The molecule has 1 aromatic rings. The molecule has 0 aliphatic carbocycles. The lowest BCUT2D eigenvalue weighted by molar-refractivity contribution is -0.384. The van der Waals surface area contributed by atoms with Gasteiger partial charge in [0.05, 0.1) is 16.4 Å². The van der Waals surface area contributed by atoms with Crippen LogP contribution in [0.2, 0.25) is 5.02 Å². The summed E-state index contributed by atoms with van der Waals surface area (Å²) in [5, 5.41) is 14.3. The number of nitrogens with one attached hydrogen (secondary N) is 1. The van der Waals surface area contributed by atoms with Crippen molar-refractivity contribution in [3.8, 4) is 0 Å². The van der Waals surface area contributed by atoms with Gasteiger partial charge in [-0.25, -0.2) is 8.42 Å². The molecule has 0 aromatic heterocycles. The third-order valence-corrected chi connectivity index (χ3v) is 5.02. The molecule has 2 rings (SSSR count). The topological polar surface area (TPSA) is 89.3 Å². The molecule has 1 N–H and O–H groups in total. The molecule has 1 aliphatic rings. The van der Waals surface area contributed by atoms with E-state index >= 15 is 0 Å². The monoisotopic (exact) mass is 304 g/mol. The molecule has 1 aliphatic heterocycles. The third kappa shape index (κ3) is 3.57. The minimum absolute atomic E-state index is 0.0576. The molecule has 6 nitrogen and oxygen atoms in total. The van der Waals surface area contributed by atoms with Crippen LogP contribution in [0, 0.1) is 10.1 Å². The molecule has 1 heterocycles. The number of rotatable bonds is 3. The average molecular weight is 305 g/mol. The van der Waals surface area contributed by atoms with Crippen molar-refractivity contribution in [1.82, 2.24) is 0 Å². The maximum Gasteiger partial charge on any atom is 0.292 e. The molecule has 0 amide bonds. The summed E-state index contributed by atoms with van der Waals surface area (Å²) in [6, 6.07) is 4.20. The van der Waals surface area contributed by atoms with Crippen LogP contribution in [-0.4, -0.2) is 30.9 Å². The van der Waals surface area contributed by atoms with Crippen LogP contribution in [0.5, 0.6) is 0 Å². The van der Waals surface area contributed by atoms with E-state index in [1.54, 1.807) is 0 Å². The summed E-state index contributed by atoms with van der Waals surface area (Å²) in [6.07, 6.45) is 0.901. The SMILES string of the molecule is O=[N+]([O-])c1ccc(Cl)cc1NC1CCS(=O)(=O)CC1. The van der Waals surface area contributed by atoms with Gasteiger partial charge < -0.3 is 5.32 Å². The van der Waals surface area contributed by atoms with Crippen LogP contribution in [0.1, 0.15) is 12.8 Å². The van der Waals surface area contributed by atoms with Gasteiger partial charge >= 0.3 is 0 Å². The van der Waals surface area contributed by atoms with Gasteiger partial charge in [0.1, 0.15) is 15.5 Å². The van der Waals surface area contributed by atoms with Crippen LogP contribution in [0.4, 0.5) is 11.4 Å². The van der Waals surface area contributed by atoms with Gasteiger partial charge in [0.25, 0.3) is 5.69 Å². The van der Waals surface area contributed by atoms with Gasteiger partial charge in [0.2, 0.25) is 0 Å². The maximum atomic E-state index is 11.3. The molecule has 1 aromatic carbocycles. The molecule has 0 bridgehead atoms. The normalized spacial score (nSPS) is 19.0. The highest BCUT2D eigenvalue weighted by Crippen LogP contribution is 2.29. The Labute approximate surface area is 115 Å². The fraction of sp³-hybridized carbons (Fsp3) is 0.455. The number of nitro groups is 1. The van der Waals surface area contributed by atoms with Gasteiger partial charge in [0.15, 0.2) is 0 Å². The molecule has 0 saturated carbocycles. The molecule has 0 spiro atoms. The molecular formula is C11H13ClN2O4S. The average Bonchev–Trinajstić information content (AvgIpc) is 2.31. The predicted molar refractivity (Wildman–Crippen MR) is 73.4 cm³/mol. The van der Waals surface area contributed by atoms with Crippen molar-refractivity contribution in [3.05, 3.63) is 33.3 Å². The molecule has 19 heavy (non-hydrogen) atoms. The maximum absolute atomic E-state index is 11.3. The Kier molecular flexibility index (Phi) is 3.96. The van der Waals surface area contributed by atoms with Crippen molar-refractivity contribution in [3.63, 3.8) is 0 Å². The Bertz CT molecular complexity index is 589. The van der Waals surface area contributed by atoms with E-state index in [4.69, 9.17) is 11.6 Å². The van der Waals surface area contributed by atoms with Gasteiger partial charge in [-0.3, -0.25) is 10.1 Å². The summed E-state index contributed by atoms with van der Waals surface area (Å²) in [4.78, 5) is 10.4. The van der Waals surface area contributed by atoms with Gasteiger partial charge in [0, 0.05) is 17.1 Å². The Morgan fingerprint density at radius 3 is 2.53 bits per heavy atom. The highest BCUT2D eigenvalue weighted by Gasteiger charge is 2.25. The Morgan fingerprint density at radius 1 is 1.32 bits per heavy atom. The first-order valence-corrected chi connectivity index (χ1v) is 7.98. The smallest absolute Gasteiger partial charge is 0.292 e. The molecular weight excluding hydrogens is 292 g/mol. The van der Waals surface area contributed by atoms with Gasteiger partial charge in [-0.05, 0) is 25.0 Å². The fourth-order valence-electron chi connectivity index (χ4n) is 2.04. The van der Waals surface area contributed by atoms with Crippen LogP contribution in [0.15, 0.2) is 18.2 Å². The van der Waals surface area contributed by atoms with E-state index in [-0.39, 0.29) is 23.2 Å². The number of benzene rings is 1. The first kappa shape index (κ1) is 14.1. The van der Waals surface area contributed by atoms with E-state index in [0.717, 1.165) is 0 Å². The lowest BCUT2D eigenvalue weighted by atomic mass is 10.1. The number of nitrogens with zero attached hydrogens (tertiary/aromatic N) is 1. The Morgan fingerprint density at radius 2 is 1.95 bits per heavy atom. The second-order valence-corrected chi connectivity index (χ2v) is 7.23. The minimum Gasteiger partial charge on any atom is -0.377 e. The summed E-state index contributed by atoms with van der Waals surface area (Å²) in [5.41, 5.74) is 0.277. The molecule has 104 valence electrons. The third-order valence-electron chi connectivity index (χ3n) is 3.07. The van der Waals surface area contributed by atoms with Crippen molar-refractivity contribution >= 4 is 32.8 Å². The van der Waals surface area contributed by atoms with Crippen molar-refractivity contribution in [2.75, 3.05) is 16.8 Å². The summed E-state index contributed by atoms with van der Waals surface area (Å²) in [7, 11) is -2.94. The molecule has 8 heteroatoms. The first-order valence-electron chi connectivity index (χ1n) is 5.78. The van der Waals surface area contributed by atoms with Gasteiger partial charge in [-0.1, -0.05) is 11.6 Å². The zero-order valence-corrected chi connectivity index (χ0v) is 11.6. The van der Waals surface area contributed by atoms with E-state index < -0.39 is 14.8 Å². The van der Waals surface area contributed by atoms with E-state index in [1.165, 1.54) is 18.2 Å². The standard InChI is InChI=1S/C11H13ClN2O4S/c12-8-1-2-11(14(15)16)10(7-8)13-9-3-5-19(17,18)6-4-9/h1-2,7,9,13H,3-6H2. The fourth-order valence-corrected chi connectivity index (χ4v) is 3.70. The second-order valence-electron chi connectivity index (χ2n) is 4.49. The van der Waals surface area contributed by atoms with E-state index in [0.29, 0.717) is 23.6 Å². The number of sulfone groups is 1. The number of hydrogen-bond donors (Lipinski definition) is 1. The van der Waals surface area contributed by atoms with E-state index in [9.17, 15) is 18.5 Å². The summed E-state index contributed by atoms with van der Waals surface area (Å²) >= 11 is 5.83. The number of nitro benzene ring substituents is 1. The lowest BCUT2D eigenvalue weighted by Crippen LogP contribution is -2.32. The molecule has 1 fully saturated rings. The zero-order chi connectivity index (χ0) is 14.0. The van der Waals surface area contributed by atoms with Crippen molar-refractivity contribution in [1.29, 1.82) is 0 Å². The van der Waals surface area contributed by atoms with E-state index in [1.807, 2.05) is 0 Å².